The SMILES string of the molecule is CC1=C(C)C(C)([SiH](c2cc(C)cc(C)c2)c2cc(C)cc(C)c2)C(c2ccc(F)cc2)=C1C. The Labute approximate surface area is 200 Å². The second-order valence-electron chi connectivity index (χ2n) is 10.2. The molecule has 1 aliphatic rings. The van der Waals surface area contributed by atoms with Gasteiger partial charge >= 0.3 is 0 Å². The Morgan fingerprint density at radius 3 is 1.45 bits per heavy atom. The van der Waals surface area contributed by atoms with E-state index in [9.17, 15) is 4.39 Å². The van der Waals surface area contributed by atoms with E-state index in [2.05, 4.69) is 91.8 Å². The maximum absolute atomic E-state index is 13.9. The summed E-state index contributed by atoms with van der Waals surface area (Å²) in [5.41, 5.74) is 11.9. The molecule has 0 spiro atoms. The lowest BCUT2D eigenvalue weighted by Gasteiger charge is -2.39. The zero-order chi connectivity index (χ0) is 24.1. The molecule has 3 aromatic rings. The van der Waals surface area contributed by atoms with Crippen LogP contribution in [0, 0.1) is 33.5 Å². The monoisotopic (exact) mass is 454 g/mol. The first kappa shape index (κ1) is 23.4. The predicted molar refractivity (Wildman–Crippen MR) is 144 cm³/mol. The number of rotatable bonds is 4. The van der Waals surface area contributed by atoms with Crippen LogP contribution in [0.2, 0.25) is 5.04 Å². The van der Waals surface area contributed by atoms with Crippen molar-refractivity contribution in [2.45, 2.75) is 60.4 Å². The summed E-state index contributed by atoms with van der Waals surface area (Å²) < 4.78 is 13.9. The molecule has 0 saturated heterocycles. The molecule has 33 heavy (non-hydrogen) atoms. The number of aryl methyl sites for hydroxylation is 4. The first-order valence-electron chi connectivity index (χ1n) is 11.8. The van der Waals surface area contributed by atoms with E-state index < -0.39 is 8.80 Å². The minimum absolute atomic E-state index is 0.119. The summed E-state index contributed by atoms with van der Waals surface area (Å²) in [6.45, 7) is 18.1. The van der Waals surface area contributed by atoms with Gasteiger partial charge in [0, 0.05) is 5.04 Å². The molecule has 4 rings (SSSR count). The molecule has 3 aromatic carbocycles. The fourth-order valence-corrected chi connectivity index (χ4v) is 10.9. The number of halogens is 1. The van der Waals surface area contributed by atoms with E-state index in [4.69, 9.17) is 0 Å². The summed E-state index contributed by atoms with van der Waals surface area (Å²) in [5.74, 6) is -0.185. The topological polar surface area (TPSA) is 0 Å². The number of hydrogen-bond acceptors (Lipinski definition) is 0. The highest BCUT2D eigenvalue weighted by Gasteiger charge is 2.47. The molecule has 170 valence electrons. The van der Waals surface area contributed by atoms with Crippen LogP contribution < -0.4 is 10.4 Å². The van der Waals surface area contributed by atoms with E-state index in [0.29, 0.717) is 0 Å². The molecule has 0 nitrogen and oxygen atoms in total. The van der Waals surface area contributed by atoms with Gasteiger partial charge in [-0.3, -0.25) is 0 Å². The van der Waals surface area contributed by atoms with Gasteiger partial charge in [0.15, 0.2) is 0 Å². The quantitative estimate of drug-likeness (QED) is 0.373. The van der Waals surface area contributed by atoms with Crippen molar-refractivity contribution in [1.82, 2.24) is 0 Å². The highest BCUT2D eigenvalue weighted by Crippen LogP contribution is 2.58. The summed E-state index contributed by atoms with van der Waals surface area (Å²) in [6, 6.07) is 21.3. The molecular formula is C31H35FSi. The van der Waals surface area contributed by atoms with Gasteiger partial charge in [-0.25, -0.2) is 4.39 Å². The van der Waals surface area contributed by atoms with Crippen molar-refractivity contribution in [2.24, 2.45) is 0 Å². The Bertz CT molecular complexity index is 1200. The van der Waals surface area contributed by atoms with Gasteiger partial charge in [-0.15, -0.1) is 0 Å². The van der Waals surface area contributed by atoms with Crippen molar-refractivity contribution in [3.8, 4) is 0 Å². The molecule has 2 heteroatoms. The highest BCUT2D eigenvalue weighted by atomic mass is 28.3. The van der Waals surface area contributed by atoms with Gasteiger partial charge in [0.2, 0.25) is 0 Å². The molecule has 0 saturated carbocycles. The van der Waals surface area contributed by atoms with Crippen LogP contribution in [-0.2, 0) is 0 Å². The zero-order valence-corrected chi connectivity index (χ0v) is 22.4. The average molecular weight is 455 g/mol. The van der Waals surface area contributed by atoms with Crippen LogP contribution in [0.25, 0.3) is 5.57 Å². The lowest BCUT2D eigenvalue weighted by Crippen LogP contribution is -2.52. The largest absolute Gasteiger partial charge is 0.207 e. The maximum Gasteiger partial charge on any atom is 0.123 e. The van der Waals surface area contributed by atoms with Gasteiger partial charge < -0.3 is 0 Å². The zero-order valence-electron chi connectivity index (χ0n) is 21.2. The van der Waals surface area contributed by atoms with Crippen LogP contribution >= 0.6 is 0 Å². The normalized spacial score (nSPS) is 18.6. The first-order valence-corrected chi connectivity index (χ1v) is 13.6. The Morgan fingerprint density at radius 2 is 1.03 bits per heavy atom. The lowest BCUT2D eigenvalue weighted by molar-refractivity contribution is 0.627. The molecular weight excluding hydrogens is 419 g/mol. The van der Waals surface area contributed by atoms with Gasteiger partial charge in [-0.2, -0.15) is 0 Å². The Balaban J connectivity index is 2.07. The molecule has 0 fully saturated rings. The standard InChI is InChI=1S/C31H35FSi/c1-19-13-20(2)16-28(15-19)33(29-17-21(3)14-22(4)18-29)31(8)25(7)23(5)24(6)30(31)26-9-11-27(32)12-10-26/h9-18,33H,1-8H3. The number of allylic oxidation sites excluding steroid dienone is 4. The van der Waals surface area contributed by atoms with Gasteiger partial charge in [-0.05, 0) is 82.9 Å². The van der Waals surface area contributed by atoms with Crippen molar-refractivity contribution in [3.05, 3.63) is 111 Å². The minimum atomic E-state index is -1.81. The summed E-state index contributed by atoms with van der Waals surface area (Å²) in [7, 11) is -1.81. The molecule has 1 aliphatic carbocycles. The Kier molecular flexibility index (Phi) is 6.09. The van der Waals surface area contributed by atoms with E-state index >= 15 is 0 Å². The van der Waals surface area contributed by atoms with Crippen LogP contribution in [-0.4, -0.2) is 8.80 Å². The van der Waals surface area contributed by atoms with Crippen molar-refractivity contribution in [3.63, 3.8) is 0 Å². The second kappa shape index (κ2) is 8.57. The van der Waals surface area contributed by atoms with Gasteiger partial charge in [0.1, 0.15) is 14.6 Å². The molecule has 0 aromatic heterocycles. The molecule has 0 radical (unpaired) electrons. The number of hydrogen-bond donors (Lipinski definition) is 0. The fraction of sp³-hybridized carbons (Fsp3) is 0.290. The van der Waals surface area contributed by atoms with Crippen LogP contribution in [0.5, 0.6) is 0 Å². The molecule has 0 heterocycles. The minimum Gasteiger partial charge on any atom is -0.207 e. The summed E-state index contributed by atoms with van der Waals surface area (Å²) >= 11 is 0. The molecule has 0 aliphatic heterocycles. The van der Waals surface area contributed by atoms with Crippen molar-refractivity contribution >= 4 is 24.7 Å². The molecule has 1 atom stereocenters. The van der Waals surface area contributed by atoms with Gasteiger partial charge in [0.05, 0.1) is 0 Å². The molecule has 0 N–H and O–H groups in total. The smallest absolute Gasteiger partial charge is 0.123 e. The van der Waals surface area contributed by atoms with E-state index in [1.165, 1.54) is 54.9 Å². The molecule has 0 amide bonds. The van der Waals surface area contributed by atoms with Gasteiger partial charge in [0.25, 0.3) is 0 Å². The fourth-order valence-electron chi connectivity index (χ4n) is 6.14. The predicted octanol–water partition coefficient (Wildman–Crippen LogP) is 6.98. The molecule has 0 bridgehead atoms. The van der Waals surface area contributed by atoms with Crippen LogP contribution in [0.1, 0.15) is 55.5 Å². The Hall–Kier alpha value is -2.71. The molecule has 1 unspecified atom stereocenters. The third-order valence-electron chi connectivity index (χ3n) is 7.66. The number of benzene rings is 3. The van der Waals surface area contributed by atoms with Crippen molar-refractivity contribution in [1.29, 1.82) is 0 Å². The summed E-state index contributed by atoms with van der Waals surface area (Å²) in [4.78, 5) is 0. The third-order valence-corrected chi connectivity index (χ3v) is 11.5. The van der Waals surface area contributed by atoms with Gasteiger partial charge in [-0.1, -0.05) is 93.7 Å². The van der Waals surface area contributed by atoms with Crippen molar-refractivity contribution < 1.29 is 4.39 Å². The lowest BCUT2D eigenvalue weighted by atomic mass is 9.90. The van der Waals surface area contributed by atoms with Crippen LogP contribution in [0.3, 0.4) is 0 Å². The summed E-state index contributed by atoms with van der Waals surface area (Å²) in [5, 5.41) is 2.83. The summed E-state index contributed by atoms with van der Waals surface area (Å²) in [6.07, 6.45) is 0. The van der Waals surface area contributed by atoms with E-state index in [-0.39, 0.29) is 10.9 Å². The van der Waals surface area contributed by atoms with E-state index in [0.717, 1.165) is 5.56 Å². The van der Waals surface area contributed by atoms with E-state index in [1.807, 2.05) is 12.1 Å². The highest BCUT2D eigenvalue weighted by molar-refractivity contribution is 6.90. The van der Waals surface area contributed by atoms with Crippen molar-refractivity contribution in [2.75, 3.05) is 0 Å². The first-order chi connectivity index (χ1) is 15.5. The van der Waals surface area contributed by atoms with Crippen LogP contribution in [0.4, 0.5) is 4.39 Å². The third kappa shape index (κ3) is 4.06. The average Bonchev–Trinajstić information content (AvgIpc) is 2.88. The maximum atomic E-state index is 13.9. The van der Waals surface area contributed by atoms with Crippen LogP contribution in [0.15, 0.2) is 77.4 Å². The second-order valence-corrected chi connectivity index (χ2v) is 13.6. The van der Waals surface area contributed by atoms with E-state index in [1.54, 1.807) is 12.1 Å². The Morgan fingerprint density at radius 1 is 0.606 bits per heavy atom.